The summed E-state index contributed by atoms with van der Waals surface area (Å²) >= 11 is 12.2. The van der Waals surface area contributed by atoms with E-state index in [2.05, 4.69) is 5.32 Å². The molecule has 0 aliphatic rings. The number of carbonyl (C=O) groups is 1. The fourth-order valence-corrected chi connectivity index (χ4v) is 4.47. The normalized spacial score (nSPS) is 13.7. The summed E-state index contributed by atoms with van der Waals surface area (Å²) in [4.78, 5) is 12.9. The Morgan fingerprint density at radius 1 is 1.15 bits per heavy atom. The minimum absolute atomic E-state index is 0.182. The number of hydrogen-bond donors (Lipinski definition) is 1. The van der Waals surface area contributed by atoms with E-state index in [4.69, 9.17) is 23.2 Å². The van der Waals surface area contributed by atoms with Gasteiger partial charge in [-0.25, -0.2) is 8.42 Å². The molecule has 0 spiro atoms. The molecule has 2 aromatic carbocycles. The smallest absolute Gasteiger partial charge is 0.244 e. The van der Waals surface area contributed by atoms with E-state index in [1.165, 1.54) is 12.1 Å². The predicted molar refractivity (Wildman–Crippen MR) is 111 cm³/mol. The Balaban J connectivity index is 2.38. The highest BCUT2D eigenvalue weighted by Gasteiger charge is 2.33. The Hall–Kier alpha value is -1.76. The number of benzene rings is 2. The van der Waals surface area contributed by atoms with Crippen molar-refractivity contribution >= 4 is 44.8 Å². The summed E-state index contributed by atoms with van der Waals surface area (Å²) in [5.41, 5.74) is 1.11. The van der Waals surface area contributed by atoms with Gasteiger partial charge in [0.15, 0.2) is 0 Å². The number of amides is 1. The summed E-state index contributed by atoms with van der Waals surface area (Å²) < 4.78 is 26.0. The average Bonchev–Trinajstić information content (AvgIpc) is 2.61. The van der Waals surface area contributed by atoms with E-state index < -0.39 is 22.0 Å². The molecule has 5 nitrogen and oxygen atoms in total. The van der Waals surface area contributed by atoms with Crippen LogP contribution in [-0.2, 0) is 14.8 Å². The van der Waals surface area contributed by atoms with Crippen LogP contribution in [0.2, 0.25) is 10.0 Å². The molecule has 0 aliphatic carbocycles. The molecular formula is C19H22Cl2N2O3S. The van der Waals surface area contributed by atoms with Gasteiger partial charge in [0.2, 0.25) is 15.9 Å². The molecule has 146 valence electrons. The van der Waals surface area contributed by atoms with Crippen molar-refractivity contribution in [3.8, 4) is 0 Å². The Morgan fingerprint density at radius 2 is 1.78 bits per heavy atom. The predicted octanol–water partition coefficient (Wildman–Crippen LogP) is 4.42. The van der Waals surface area contributed by atoms with Gasteiger partial charge in [-0.2, -0.15) is 0 Å². The third-order valence-corrected chi connectivity index (χ3v) is 5.85. The lowest BCUT2D eigenvalue weighted by atomic mass is 10.1. The van der Waals surface area contributed by atoms with Crippen molar-refractivity contribution in [1.29, 1.82) is 0 Å². The van der Waals surface area contributed by atoms with Gasteiger partial charge in [0.05, 0.1) is 23.0 Å². The quantitative estimate of drug-likeness (QED) is 0.709. The van der Waals surface area contributed by atoms with Gasteiger partial charge < -0.3 is 5.32 Å². The maximum Gasteiger partial charge on any atom is 0.244 e. The first kappa shape index (κ1) is 21.5. The first-order valence-corrected chi connectivity index (χ1v) is 11.0. The molecule has 2 aromatic rings. The first-order valence-electron chi connectivity index (χ1n) is 8.45. The molecule has 0 saturated heterocycles. The summed E-state index contributed by atoms with van der Waals surface area (Å²) in [5.74, 6) is -0.407. The summed E-state index contributed by atoms with van der Waals surface area (Å²) in [5, 5.41) is 3.41. The second kappa shape index (κ2) is 8.95. The highest BCUT2D eigenvalue weighted by atomic mass is 35.5. The van der Waals surface area contributed by atoms with Crippen molar-refractivity contribution in [2.24, 2.45) is 0 Å². The molecule has 2 atom stereocenters. The SMILES string of the molecule is CC[C@@H](C(=O)N[C@@H](C)c1ccccc1)N(c1cc(Cl)ccc1Cl)S(C)(=O)=O. The second-order valence-corrected chi connectivity index (χ2v) is 8.92. The van der Waals surface area contributed by atoms with Gasteiger partial charge in [-0.3, -0.25) is 9.10 Å². The molecule has 0 heterocycles. The molecule has 0 radical (unpaired) electrons. The van der Waals surface area contributed by atoms with Crippen LogP contribution in [0.4, 0.5) is 5.69 Å². The van der Waals surface area contributed by atoms with E-state index in [-0.39, 0.29) is 23.2 Å². The summed E-state index contributed by atoms with van der Waals surface area (Å²) in [6.45, 7) is 3.59. The van der Waals surface area contributed by atoms with Crippen LogP contribution in [0.25, 0.3) is 0 Å². The summed E-state index contributed by atoms with van der Waals surface area (Å²) in [6, 6.07) is 12.7. The highest BCUT2D eigenvalue weighted by Crippen LogP contribution is 2.33. The zero-order valence-corrected chi connectivity index (χ0v) is 17.6. The van der Waals surface area contributed by atoms with Gasteiger partial charge in [0.1, 0.15) is 6.04 Å². The third-order valence-electron chi connectivity index (χ3n) is 4.13. The topological polar surface area (TPSA) is 66.5 Å². The number of nitrogens with zero attached hydrogens (tertiary/aromatic N) is 1. The fraction of sp³-hybridized carbons (Fsp3) is 0.316. The van der Waals surface area contributed by atoms with Crippen LogP contribution in [-0.4, -0.2) is 26.6 Å². The van der Waals surface area contributed by atoms with E-state index in [1.54, 1.807) is 13.0 Å². The number of halogens is 2. The van der Waals surface area contributed by atoms with Crippen molar-refractivity contribution in [2.75, 3.05) is 10.6 Å². The number of carbonyl (C=O) groups excluding carboxylic acids is 1. The molecule has 0 fully saturated rings. The molecule has 8 heteroatoms. The second-order valence-electron chi connectivity index (χ2n) is 6.22. The van der Waals surface area contributed by atoms with Gasteiger partial charge in [0, 0.05) is 5.02 Å². The van der Waals surface area contributed by atoms with Crippen LogP contribution in [0.5, 0.6) is 0 Å². The molecular weight excluding hydrogens is 407 g/mol. The summed E-state index contributed by atoms with van der Waals surface area (Å²) in [7, 11) is -3.78. The van der Waals surface area contributed by atoms with Crippen molar-refractivity contribution in [1.82, 2.24) is 5.32 Å². The van der Waals surface area contributed by atoms with Crippen LogP contribution in [0.15, 0.2) is 48.5 Å². The molecule has 27 heavy (non-hydrogen) atoms. The molecule has 0 saturated carbocycles. The van der Waals surface area contributed by atoms with E-state index in [9.17, 15) is 13.2 Å². The van der Waals surface area contributed by atoms with E-state index in [1.807, 2.05) is 37.3 Å². The average molecular weight is 429 g/mol. The van der Waals surface area contributed by atoms with Gasteiger partial charge in [-0.05, 0) is 37.1 Å². The minimum atomic E-state index is -3.78. The van der Waals surface area contributed by atoms with Crippen molar-refractivity contribution in [2.45, 2.75) is 32.4 Å². The lowest BCUT2D eigenvalue weighted by Crippen LogP contribution is -2.49. The zero-order chi connectivity index (χ0) is 20.2. The van der Waals surface area contributed by atoms with E-state index in [0.717, 1.165) is 16.1 Å². The molecule has 0 bridgehead atoms. The van der Waals surface area contributed by atoms with Gasteiger partial charge >= 0.3 is 0 Å². The van der Waals surface area contributed by atoms with Crippen molar-refractivity contribution in [3.63, 3.8) is 0 Å². The fourth-order valence-electron chi connectivity index (χ4n) is 2.82. The lowest BCUT2D eigenvalue weighted by Gasteiger charge is -2.31. The Kier molecular flexibility index (Phi) is 7.14. The minimum Gasteiger partial charge on any atom is -0.348 e. The number of anilines is 1. The maximum absolute atomic E-state index is 12.9. The summed E-state index contributed by atoms with van der Waals surface area (Å²) in [6.07, 6.45) is 1.31. The van der Waals surface area contributed by atoms with Crippen LogP contribution in [0, 0.1) is 0 Å². The molecule has 2 rings (SSSR count). The molecule has 1 amide bonds. The van der Waals surface area contributed by atoms with E-state index >= 15 is 0 Å². The number of hydrogen-bond acceptors (Lipinski definition) is 3. The largest absolute Gasteiger partial charge is 0.348 e. The van der Waals surface area contributed by atoms with Crippen LogP contribution >= 0.6 is 23.2 Å². The van der Waals surface area contributed by atoms with Gasteiger partial charge in [0.25, 0.3) is 0 Å². The van der Waals surface area contributed by atoms with Crippen LogP contribution < -0.4 is 9.62 Å². The first-order chi connectivity index (χ1) is 12.6. The Labute approximate surface area is 170 Å². The Morgan fingerprint density at radius 3 is 2.33 bits per heavy atom. The number of nitrogens with one attached hydrogen (secondary N) is 1. The Bertz CT molecular complexity index is 904. The molecule has 0 aromatic heterocycles. The van der Waals surface area contributed by atoms with Crippen LogP contribution in [0.1, 0.15) is 31.9 Å². The monoisotopic (exact) mass is 428 g/mol. The molecule has 0 aliphatic heterocycles. The van der Waals surface area contributed by atoms with Crippen molar-refractivity contribution in [3.05, 3.63) is 64.1 Å². The zero-order valence-electron chi connectivity index (χ0n) is 15.3. The maximum atomic E-state index is 12.9. The lowest BCUT2D eigenvalue weighted by molar-refractivity contribution is -0.122. The number of rotatable bonds is 7. The number of sulfonamides is 1. The highest BCUT2D eigenvalue weighted by molar-refractivity contribution is 7.92. The van der Waals surface area contributed by atoms with Gasteiger partial charge in [-0.1, -0.05) is 60.5 Å². The third kappa shape index (κ3) is 5.37. The van der Waals surface area contributed by atoms with E-state index in [0.29, 0.717) is 5.02 Å². The van der Waals surface area contributed by atoms with Gasteiger partial charge in [-0.15, -0.1) is 0 Å². The van der Waals surface area contributed by atoms with Crippen molar-refractivity contribution < 1.29 is 13.2 Å². The van der Waals surface area contributed by atoms with Crippen LogP contribution in [0.3, 0.4) is 0 Å². The molecule has 0 unspecified atom stereocenters. The molecule has 1 N–H and O–H groups in total. The standard InChI is InChI=1S/C19H22Cl2N2O3S/c1-4-17(19(24)22-13(2)14-8-6-5-7-9-14)23(27(3,25)26)18-12-15(20)10-11-16(18)21/h5-13,17H,4H2,1-3H3,(H,22,24)/t13-,17-/m0/s1.